The van der Waals surface area contributed by atoms with E-state index in [2.05, 4.69) is 16.8 Å². The van der Waals surface area contributed by atoms with Gasteiger partial charge in [-0.3, -0.25) is 19.9 Å². The predicted octanol–water partition coefficient (Wildman–Crippen LogP) is 2.45. The Morgan fingerprint density at radius 1 is 1.38 bits per heavy atom. The van der Waals surface area contributed by atoms with Gasteiger partial charge in [-0.25, -0.2) is 0 Å². The molecule has 0 atom stereocenters. The van der Waals surface area contributed by atoms with Crippen LogP contribution in [0.1, 0.15) is 18.9 Å². The zero-order chi connectivity index (χ0) is 15.2. The molecule has 0 aliphatic rings. The van der Waals surface area contributed by atoms with E-state index < -0.39 is 10.9 Å². The highest BCUT2D eigenvalue weighted by Crippen LogP contribution is 2.26. The Labute approximate surface area is 120 Å². The van der Waals surface area contributed by atoms with Crippen LogP contribution in [0, 0.1) is 22.0 Å². The topological polar surface area (TPSA) is 82.3 Å². The fourth-order valence-electron chi connectivity index (χ4n) is 1.87. The van der Waals surface area contributed by atoms with E-state index in [1.807, 2.05) is 0 Å². The number of nitrogens with zero attached hydrogens (tertiary/aromatic N) is 2. The molecule has 1 aromatic heterocycles. The first-order chi connectivity index (χ1) is 10.1. The highest BCUT2D eigenvalue weighted by atomic mass is 16.6. The molecule has 2 aromatic rings. The van der Waals surface area contributed by atoms with E-state index >= 15 is 0 Å². The van der Waals surface area contributed by atoms with Gasteiger partial charge >= 0.3 is 5.97 Å². The molecule has 1 heterocycles. The number of ether oxygens (including phenoxy) is 1. The first-order valence-corrected chi connectivity index (χ1v) is 6.29. The maximum atomic E-state index is 11.2. The number of esters is 1. The van der Waals surface area contributed by atoms with Crippen molar-refractivity contribution < 1.29 is 14.5 Å². The van der Waals surface area contributed by atoms with Crippen molar-refractivity contribution in [1.82, 2.24) is 4.98 Å². The molecule has 0 unspecified atom stereocenters. The third-order valence-electron chi connectivity index (χ3n) is 2.75. The van der Waals surface area contributed by atoms with Gasteiger partial charge in [0.15, 0.2) is 0 Å². The highest BCUT2D eigenvalue weighted by molar-refractivity contribution is 5.94. The Kier molecular flexibility index (Phi) is 4.46. The molecular formula is C15H12N2O4. The van der Waals surface area contributed by atoms with Crippen LogP contribution >= 0.6 is 0 Å². The van der Waals surface area contributed by atoms with Crippen LogP contribution in [0.15, 0.2) is 30.6 Å². The van der Waals surface area contributed by atoms with Gasteiger partial charge < -0.3 is 4.74 Å². The monoisotopic (exact) mass is 284 g/mol. The van der Waals surface area contributed by atoms with Crippen LogP contribution in [-0.4, -0.2) is 22.5 Å². The second-order valence-corrected chi connectivity index (χ2v) is 4.09. The molecule has 6 heteroatoms. The van der Waals surface area contributed by atoms with Crippen LogP contribution in [0.4, 0.5) is 5.69 Å². The Balaban J connectivity index is 2.38. The zero-order valence-corrected chi connectivity index (χ0v) is 11.3. The van der Waals surface area contributed by atoms with Gasteiger partial charge in [0.25, 0.3) is 5.69 Å². The maximum absolute atomic E-state index is 11.2. The number of hydrogen-bond acceptors (Lipinski definition) is 5. The van der Waals surface area contributed by atoms with Crippen molar-refractivity contribution in [1.29, 1.82) is 0 Å². The smallest absolute Gasteiger partial charge is 0.317 e. The fraction of sp³-hybridized carbons (Fsp3) is 0.200. The van der Waals surface area contributed by atoms with Crippen molar-refractivity contribution in [2.75, 3.05) is 6.61 Å². The third kappa shape index (κ3) is 3.34. The van der Waals surface area contributed by atoms with Crippen molar-refractivity contribution in [2.24, 2.45) is 0 Å². The first kappa shape index (κ1) is 14.5. The molecule has 0 aliphatic heterocycles. The number of benzene rings is 1. The van der Waals surface area contributed by atoms with Crippen molar-refractivity contribution in [3.63, 3.8) is 0 Å². The number of nitro groups is 1. The standard InChI is InChI=1S/C15H12N2O4/c1-2-21-15(18)5-3-4-11-6-7-14(17(19)20)13-10-16-9-8-12(11)13/h6-10H,2,5H2,1H3. The zero-order valence-electron chi connectivity index (χ0n) is 11.3. The Bertz CT molecular complexity index is 759. The van der Waals surface area contributed by atoms with E-state index in [-0.39, 0.29) is 12.1 Å². The van der Waals surface area contributed by atoms with Crippen LogP contribution in [0.3, 0.4) is 0 Å². The Morgan fingerprint density at radius 3 is 2.90 bits per heavy atom. The van der Waals surface area contributed by atoms with E-state index in [1.54, 1.807) is 25.3 Å². The molecule has 0 aliphatic carbocycles. The van der Waals surface area contributed by atoms with Crippen LogP contribution in [0.25, 0.3) is 10.8 Å². The summed E-state index contributed by atoms with van der Waals surface area (Å²) >= 11 is 0. The number of aromatic nitrogens is 1. The summed E-state index contributed by atoms with van der Waals surface area (Å²) in [5.41, 5.74) is 0.594. The molecule has 2 rings (SSSR count). The number of nitro benzene ring substituents is 1. The molecule has 0 bridgehead atoms. The van der Waals surface area contributed by atoms with Gasteiger partial charge in [0.05, 0.1) is 16.9 Å². The molecule has 0 spiro atoms. The second kappa shape index (κ2) is 6.48. The SMILES string of the molecule is CCOC(=O)CC#Cc1ccc([N+](=O)[O-])c2cnccc12. The fourth-order valence-corrected chi connectivity index (χ4v) is 1.87. The minimum absolute atomic E-state index is 0.0165. The minimum Gasteiger partial charge on any atom is -0.465 e. The molecule has 21 heavy (non-hydrogen) atoms. The lowest BCUT2D eigenvalue weighted by atomic mass is 10.1. The third-order valence-corrected chi connectivity index (χ3v) is 2.75. The molecule has 0 radical (unpaired) electrons. The van der Waals surface area contributed by atoms with Crippen molar-refractivity contribution in [2.45, 2.75) is 13.3 Å². The van der Waals surface area contributed by atoms with E-state index in [0.717, 1.165) is 0 Å². The summed E-state index contributed by atoms with van der Waals surface area (Å²) in [7, 11) is 0. The normalized spacial score (nSPS) is 9.76. The minimum atomic E-state index is -0.458. The molecular weight excluding hydrogens is 272 g/mol. The summed E-state index contributed by atoms with van der Waals surface area (Å²) in [5.74, 6) is 5.16. The summed E-state index contributed by atoms with van der Waals surface area (Å²) in [6.07, 6.45) is 2.96. The lowest BCUT2D eigenvalue weighted by Gasteiger charge is -2.01. The Morgan fingerprint density at radius 2 is 2.19 bits per heavy atom. The van der Waals surface area contributed by atoms with Gasteiger partial charge in [-0.05, 0) is 19.1 Å². The average Bonchev–Trinajstić information content (AvgIpc) is 2.47. The molecule has 1 aromatic carbocycles. The molecule has 0 fully saturated rings. The van der Waals surface area contributed by atoms with Crippen molar-refractivity contribution >= 4 is 22.4 Å². The number of fused-ring (bicyclic) bond motifs is 1. The lowest BCUT2D eigenvalue weighted by molar-refractivity contribution is -0.383. The van der Waals surface area contributed by atoms with Crippen molar-refractivity contribution in [3.05, 3.63) is 46.3 Å². The van der Waals surface area contributed by atoms with Crippen LogP contribution < -0.4 is 0 Å². The molecule has 0 N–H and O–H groups in total. The van der Waals surface area contributed by atoms with E-state index in [9.17, 15) is 14.9 Å². The number of hydrogen-bond donors (Lipinski definition) is 0. The highest BCUT2D eigenvalue weighted by Gasteiger charge is 2.13. The molecule has 0 saturated heterocycles. The van der Waals surface area contributed by atoms with Crippen LogP contribution in [-0.2, 0) is 9.53 Å². The molecule has 6 nitrogen and oxygen atoms in total. The largest absolute Gasteiger partial charge is 0.465 e. The summed E-state index contributed by atoms with van der Waals surface area (Å²) < 4.78 is 4.78. The van der Waals surface area contributed by atoms with Gasteiger partial charge in [-0.1, -0.05) is 11.8 Å². The average molecular weight is 284 g/mol. The van der Waals surface area contributed by atoms with E-state index in [4.69, 9.17) is 4.74 Å². The Hall–Kier alpha value is -2.94. The summed E-state index contributed by atoms with van der Waals surface area (Å²) in [6.45, 7) is 2.04. The quantitative estimate of drug-likeness (QED) is 0.374. The molecule has 0 saturated carbocycles. The van der Waals surface area contributed by atoms with Gasteiger partial charge in [-0.2, -0.15) is 0 Å². The van der Waals surface area contributed by atoms with Gasteiger partial charge in [0.1, 0.15) is 6.42 Å². The maximum Gasteiger partial charge on any atom is 0.317 e. The van der Waals surface area contributed by atoms with E-state index in [1.165, 1.54) is 12.3 Å². The van der Waals surface area contributed by atoms with Crippen LogP contribution in [0.5, 0.6) is 0 Å². The number of carbonyl (C=O) groups is 1. The molecule has 106 valence electrons. The number of non-ortho nitro benzene ring substituents is 1. The summed E-state index contributed by atoms with van der Waals surface area (Å²) in [6, 6.07) is 4.62. The summed E-state index contributed by atoms with van der Waals surface area (Å²) in [4.78, 5) is 25.6. The number of carbonyl (C=O) groups excluding carboxylic acids is 1. The predicted molar refractivity (Wildman–Crippen MR) is 76.5 cm³/mol. The second-order valence-electron chi connectivity index (χ2n) is 4.09. The molecule has 0 amide bonds. The van der Waals surface area contributed by atoms with Gasteiger partial charge in [-0.15, -0.1) is 0 Å². The van der Waals surface area contributed by atoms with Crippen molar-refractivity contribution in [3.8, 4) is 11.8 Å². The van der Waals surface area contributed by atoms with Gasteiger partial charge in [0, 0.05) is 29.4 Å². The lowest BCUT2D eigenvalue weighted by Crippen LogP contribution is -2.01. The van der Waals surface area contributed by atoms with Gasteiger partial charge in [0.2, 0.25) is 0 Å². The number of pyridine rings is 1. The number of rotatable bonds is 3. The summed E-state index contributed by atoms with van der Waals surface area (Å²) in [5, 5.41) is 12.0. The van der Waals surface area contributed by atoms with E-state index in [0.29, 0.717) is 22.9 Å². The van der Waals surface area contributed by atoms with Crippen LogP contribution in [0.2, 0.25) is 0 Å². The first-order valence-electron chi connectivity index (χ1n) is 6.29.